The summed E-state index contributed by atoms with van der Waals surface area (Å²) in [4.78, 5) is 29.8. The summed E-state index contributed by atoms with van der Waals surface area (Å²) >= 11 is 0. The van der Waals surface area contributed by atoms with E-state index in [9.17, 15) is 19.2 Å². The number of ketones is 1. The molecule has 0 saturated heterocycles. The fourth-order valence-electron chi connectivity index (χ4n) is 5.91. The van der Waals surface area contributed by atoms with Crippen LogP contribution >= 0.6 is 0 Å². The summed E-state index contributed by atoms with van der Waals surface area (Å²) in [5, 5.41) is 13.6. The van der Waals surface area contributed by atoms with Crippen molar-refractivity contribution in [3.63, 3.8) is 0 Å². The van der Waals surface area contributed by atoms with Gasteiger partial charge in [-0.25, -0.2) is 4.39 Å². The van der Waals surface area contributed by atoms with Gasteiger partial charge in [0.1, 0.15) is 23.1 Å². The van der Waals surface area contributed by atoms with Crippen LogP contribution in [0.4, 0.5) is 15.8 Å². The summed E-state index contributed by atoms with van der Waals surface area (Å²) in [5.74, 6) is -0.522. The van der Waals surface area contributed by atoms with Gasteiger partial charge < -0.3 is 9.88 Å². The van der Waals surface area contributed by atoms with Crippen LogP contribution < -0.4 is 10.2 Å². The Morgan fingerprint density at radius 3 is 2.36 bits per heavy atom. The van der Waals surface area contributed by atoms with Crippen LogP contribution in [0.2, 0.25) is 0 Å². The number of nitrogens with one attached hydrogen (secondary N) is 1. The van der Waals surface area contributed by atoms with Gasteiger partial charge in [-0.2, -0.15) is 5.26 Å². The Morgan fingerprint density at radius 2 is 1.67 bits per heavy atom. The molecule has 1 aliphatic carbocycles. The Labute approximate surface area is 208 Å². The minimum Gasteiger partial charge on any atom is -0.324 e. The number of fused-ring (bicyclic) bond motifs is 3. The molecular weight excluding hydrogens is 455 g/mol. The molecule has 6 nitrogen and oxygen atoms in total. The Morgan fingerprint density at radius 1 is 0.972 bits per heavy atom. The van der Waals surface area contributed by atoms with Gasteiger partial charge in [-0.3, -0.25) is 14.5 Å². The Bertz CT molecular complexity index is 1540. The van der Waals surface area contributed by atoms with Crippen LogP contribution in [-0.2, 0) is 15.0 Å². The second-order valence-corrected chi connectivity index (χ2v) is 10.2. The fraction of sp³-hybridized carbons (Fsp3) is 0.207. The van der Waals surface area contributed by atoms with E-state index in [-0.39, 0.29) is 23.2 Å². The predicted molar refractivity (Wildman–Crippen MR) is 134 cm³/mol. The molecule has 3 aromatic rings. The maximum Gasteiger partial charge on any atom is 0.245 e. The van der Waals surface area contributed by atoms with Gasteiger partial charge in [0.05, 0.1) is 5.57 Å². The number of Topliss-reactive ketones (excluding diaryl/α,β-unsaturated/α-hetero) is 1. The molecule has 1 amide bonds. The molecule has 0 unspecified atom stereocenters. The molecule has 0 saturated carbocycles. The first-order valence-electron chi connectivity index (χ1n) is 11.8. The molecule has 0 bridgehead atoms. The molecule has 1 N–H and O–H groups in total. The summed E-state index contributed by atoms with van der Waals surface area (Å²) in [5.41, 5.74) is 0.945. The second kappa shape index (κ2) is 7.53. The summed E-state index contributed by atoms with van der Waals surface area (Å²) in [6.45, 7) is 4.04. The van der Waals surface area contributed by atoms with Crippen molar-refractivity contribution < 1.29 is 14.0 Å². The Kier molecular flexibility index (Phi) is 4.61. The highest BCUT2D eigenvalue weighted by molar-refractivity contribution is 6.21. The van der Waals surface area contributed by atoms with Crippen molar-refractivity contribution in [1.29, 1.82) is 5.26 Å². The number of nitrogens with zero attached hydrogens (tertiary/aromatic N) is 3. The van der Waals surface area contributed by atoms with Gasteiger partial charge in [0.2, 0.25) is 5.91 Å². The predicted octanol–water partition coefficient (Wildman–Crippen LogP) is 5.37. The zero-order valence-electron chi connectivity index (χ0n) is 19.9. The van der Waals surface area contributed by atoms with Crippen molar-refractivity contribution >= 4 is 28.9 Å². The number of carbonyl (C=O) groups is 2. The number of para-hydroxylation sites is 1. The summed E-state index contributed by atoms with van der Waals surface area (Å²) in [7, 11) is 0. The number of amides is 1. The molecule has 36 heavy (non-hydrogen) atoms. The lowest BCUT2D eigenvalue weighted by Crippen LogP contribution is -2.51. The molecule has 178 valence electrons. The number of aromatic nitrogens is 1. The molecule has 1 atom stereocenters. The number of anilines is 2. The van der Waals surface area contributed by atoms with Crippen molar-refractivity contribution in [2.45, 2.75) is 32.1 Å². The lowest BCUT2D eigenvalue weighted by molar-refractivity contribution is -0.123. The lowest BCUT2D eigenvalue weighted by Gasteiger charge is -2.47. The number of rotatable bonds is 2. The summed E-state index contributed by atoms with van der Waals surface area (Å²) in [6, 6.07) is 19.2. The largest absolute Gasteiger partial charge is 0.324 e. The minimum atomic E-state index is -1.58. The Hall–Kier alpha value is -4.44. The maximum atomic E-state index is 14.0. The molecular formula is C29H23FN4O2. The molecule has 3 aliphatic rings. The van der Waals surface area contributed by atoms with E-state index in [1.54, 1.807) is 35.2 Å². The van der Waals surface area contributed by atoms with Gasteiger partial charge in [-0.05, 0) is 54.3 Å². The first-order valence-corrected chi connectivity index (χ1v) is 11.8. The van der Waals surface area contributed by atoms with Crippen LogP contribution in [0.1, 0.15) is 32.3 Å². The van der Waals surface area contributed by atoms with Crippen molar-refractivity contribution in [1.82, 2.24) is 4.57 Å². The number of benzene rings is 2. The monoisotopic (exact) mass is 478 g/mol. The third-order valence-corrected chi connectivity index (χ3v) is 7.27. The van der Waals surface area contributed by atoms with E-state index in [2.05, 4.69) is 11.4 Å². The molecule has 3 heterocycles. The van der Waals surface area contributed by atoms with E-state index in [1.807, 2.05) is 49.1 Å². The molecule has 1 aromatic heterocycles. The van der Waals surface area contributed by atoms with Crippen molar-refractivity contribution in [3.8, 4) is 6.07 Å². The van der Waals surface area contributed by atoms with Crippen LogP contribution in [0.3, 0.4) is 0 Å². The number of nitriles is 1. The molecule has 0 fully saturated rings. The normalized spacial score (nSPS) is 22.4. The van der Waals surface area contributed by atoms with Gasteiger partial charge in [0, 0.05) is 47.0 Å². The lowest BCUT2D eigenvalue weighted by atomic mass is 9.60. The topological polar surface area (TPSA) is 78.1 Å². The molecule has 7 heteroatoms. The van der Waals surface area contributed by atoms with E-state index < -0.39 is 17.1 Å². The average molecular weight is 479 g/mol. The zero-order chi connectivity index (χ0) is 25.2. The molecule has 1 spiro atoms. The van der Waals surface area contributed by atoms with Gasteiger partial charge >= 0.3 is 0 Å². The second-order valence-electron chi connectivity index (χ2n) is 10.2. The summed E-state index contributed by atoms with van der Waals surface area (Å²) < 4.78 is 15.7. The zero-order valence-corrected chi connectivity index (χ0v) is 19.9. The van der Waals surface area contributed by atoms with Gasteiger partial charge in [0.15, 0.2) is 5.78 Å². The van der Waals surface area contributed by atoms with Crippen LogP contribution in [0.5, 0.6) is 0 Å². The number of halogens is 1. The summed E-state index contributed by atoms with van der Waals surface area (Å²) in [6.07, 6.45) is 4.35. The van der Waals surface area contributed by atoms with Crippen molar-refractivity contribution in [2.75, 3.05) is 10.2 Å². The molecule has 6 rings (SSSR count). The van der Waals surface area contributed by atoms with Crippen LogP contribution in [0.15, 0.2) is 89.9 Å². The van der Waals surface area contributed by atoms with E-state index in [0.29, 0.717) is 40.5 Å². The third kappa shape index (κ3) is 2.88. The van der Waals surface area contributed by atoms with Gasteiger partial charge in [-0.1, -0.05) is 32.0 Å². The number of hydrogen-bond donors (Lipinski definition) is 1. The van der Waals surface area contributed by atoms with Crippen molar-refractivity contribution in [3.05, 3.63) is 101 Å². The first kappa shape index (κ1) is 22.1. The number of allylic oxidation sites excluding steroid dienone is 1. The average Bonchev–Trinajstić information content (AvgIpc) is 3.46. The maximum absolute atomic E-state index is 14.0. The molecule has 0 radical (unpaired) electrons. The van der Waals surface area contributed by atoms with Crippen LogP contribution in [0.25, 0.3) is 5.82 Å². The Balaban J connectivity index is 1.79. The first-order chi connectivity index (χ1) is 17.3. The van der Waals surface area contributed by atoms with Crippen LogP contribution in [-0.4, -0.2) is 16.3 Å². The van der Waals surface area contributed by atoms with E-state index in [1.165, 1.54) is 12.1 Å². The van der Waals surface area contributed by atoms with Crippen LogP contribution in [0, 0.1) is 22.6 Å². The number of hydrogen-bond acceptors (Lipinski definition) is 4. The smallest absolute Gasteiger partial charge is 0.245 e. The highest BCUT2D eigenvalue weighted by Crippen LogP contribution is 2.58. The van der Waals surface area contributed by atoms with Gasteiger partial charge in [-0.15, -0.1) is 0 Å². The van der Waals surface area contributed by atoms with Crippen molar-refractivity contribution in [2.24, 2.45) is 5.41 Å². The highest BCUT2D eigenvalue weighted by atomic mass is 19.1. The highest BCUT2D eigenvalue weighted by Gasteiger charge is 2.61. The van der Waals surface area contributed by atoms with Gasteiger partial charge in [0.25, 0.3) is 0 Å². The quantitative estimate of drug-likeness (QED) is 0.537. The number of carbonyl (C=O) groups excluding carboxylic acids is 2. The molecule has 2 aliphatic heterocycles. The minimum absolute atomic E-state index is 0.150. The fourth-order valence-corrected chi connectivity index (χ4v) is 5.91. The van der Waals surface area contributed by atoms with E-state index in [4.69, 9.17) is 0 Å². The standard InChI is InChI=1S/C29H23FN4O2/c1-28(2)15-23-25(24(35)16-28)29(20-7-3-4-8-22(20)32-27(29)36)21(17-31)26(33-13-5-6-14-33)34(23)19-11-9-18(30)10-12-19/h3-14H,15-16H2,1-2H3,(H,32,36)/t29-/m1/s1. The molecule has 2 aromatic carbocycles. The SMILES string of the molecule is CC1(C)CC(=O)C2=C(C1)N(c1ccc(F)cc1)C(n1cccc1)=C(C#N)[C@@]21C(=O)Nc2ccccc21. The third-order valence-electron chi connectivity index (χ3n) is 7.27. The van der Waals surface area contributed by atoms with E-state index >= 15 is 0 Å². The van der Waals surface area contributed by atoms with E-state index in [0.717, 1.165) is 0 Å².